The van der Waals surface area contributed by atoms with E-state index >= 15 is 0 Å². The molecule has 0 unspecified atom stereocenters. The van der Waals surface area contributed by atoms with E-state index in [1.807, 2.05) is 25.1 Å². The number of halogens is 1. The van der Waals surface area contributed by atoms with E-state index in [4.69, 9.17) is 10.3 Å². The summed E-state index contributed by atoms with van der Waals surface area (Å²) in [6.07, 6.45) is 5.38. The summed E-state index contributed by atoms with van der Waals surface area (Å²) >= 11 is 3.52. The molecule has 1 saturated carbocycles. The van der Waals surface area contributed by atoms with Gasteiger partial charge in [-0.25, -0.2) is 0 Å². The molecule has 2 N–H and O–H groups in total. The smallest absolute Gasteiger partial charge is 0.258 e. The topological polar surface area (TPSA) is 64.9 Å². The van der Waals surface area contributed by atoms with Crippen LogP contribution in [-0.2, 0) is 5.54 Å². The maximum atomic E-state index is 6.43. The Kier molecular flexibility index (Phi) is 3.65. The van der Waals surface area contributed by atoms with Crippen LogP contribution in [0.2, 0.25) is 0 Å². The number of rotatable bonds is 2. The van der Waals surface area contributed by atoms with Crippen molar-refractivity contribution < 1.29 is 4.52 Å². The average molecular weight is 336 g/mol. The van der Waals surface area contributed by atoms with Crippen LogP contribution in [0, 0.1) is 6.92 Å². The Bertz CT molecular complexity index is 617. The standard InChI is InChI=1S/C15H18BrN3O/c1-10-5-6-11(9-12(10)16)13-18-14(19-20-13)15(17)7-3-2-4-8-15/h5-6,9H,2-4,7-8,17H2,1H3. The lowest BCUT2D eigenvalue weighted by Crippen LogP contribution is -2.39. The number of hydrogen-bond acceptors (Lipinski definition) is 4. The average Bonchev–Trinajstić information content (AvgIpc) is 2.93. The first kappa shape index (κ1) is 13.8. The molecule has 20 heavy (non-hydrogen) atoms. The van der Waals surface area contributed by atoms with Crippen molar-refractivity contribution in [3.05, 3.63) is 34.1 Å². The Morgan fingerprint density at radius 2 is 2.00 bits per heavy atom. The molecular formula is C15H18BrN3O. The summed E-state index contributed by atoms with van der Waals surface area (Å²) in [4.78, 5) is 4.52. The first-order valence-electron chi connectivity index (χ1n) is 6.98. The minimum atomic E-state index is -0.415. The second-order valence-electron chi connectivity index (χ2n) is 5.60. The molecule has 106 valence electrons. The minimum absolute atomic E-state index is 0.415. The van der Waals surface area contributed by atoms with Crippen molar-refractivity contribution >= 4 is 15.9 Å². The van der Waals surface area contributed by atoms with Gasteiger partial charge in [-0.3, -0.25) is 0 Å². The fourth-order valence-electron chi connectivity index (χ4n) is 2.68. The lowest BCUT2D eigenvalue weighted by Gasteiger charge is -2.29. The van der Waals surface area contributed by atoms with E-state index in [0.717, 1.165) is 35.7 Å². The molecule has 1 aromatic carbocycles. The fourth-order valence-corrected chi connectivity index (χ4v) is 3.05. The Hall–Kier alpha value is -1.20. The van der Waals surface area contributed by atoms with Gasteiger partial charge in [0.05, 0.1) is 5.54 Å². The summed E-state index contributed by atoms with van der Waals surface area (Å²) in [6, 6.07) is 6.01. The third-order valence-electron chi connectivity index (χ3n) is 4.04. The highest BCUT2D eigenvalue weighted by Gasteiger charge is 2.34. The molecule has 4 nitrogen and oxygen atoms in total. The van der Waals surface area contributed by atoms with Gasteiger partial charge in [0.1, 0.15) is 0 Å². The van der Waals surface area contributed by atoms with Crippen molar-refractivity contribution in [2.24, 2.45) is 5.73 Å². The van der Waals surface area contributed by atoms with Crippen molar-refractivity contribution in [2.45, 2.75) is 44.6 Å². The number of nitrogens with two attached hydrogens (primary N) is 1. The van der Waals surface area contributed by atoms with Crippen molar-refractivity contribution in [1.29, 1.82) is 0 Å². The lowest BCUT2D eigenvalue weighted by molar-refractivity contribution is 0.275. The molecule has 5 heteroatoms. The third kappa shape index (κ3) is 2.52. The zero-order chi connectivity index (χ0) is 14.2. The molecule has 0 atom stereocenters. The van der Waals surface area contributed by atoms with Crippen molar-refractivity contribution in [1.82, 2.24) is 10.1 Å². The third-order valence-corrected chi connectivity index (χ3v) is 4.89. The minimum Gasteiger partial charge on any atom is -0.334 e. The van der Waals surface area contributed by atoms with Crippen LogP contribution >= 0.6 is 15.9 Å². The molecule has 1 aliphatic rings. The Morgan fingerprint density at radius 3 is 2.70 bits per heavy atom. The predicted molar refractivity (Wildman–Crippen MR) is 81.1 cm³/mol. The maximum absolute atomic E-state index is 6.43. The van der Waals surface area contributed by atoms with E-state index in [1.54, 1.807) is 0 Å². The van der Waals surface area contributed by atoms with Crippen LogP contribution in [0.5, 0.6) is 0 Å². The Morgan fingerprint density at radius 1 is 1.25 bits per heavy atom. The fraction of sp³-hybridized carbons (Fsp3) is 0.467. The molecule has 0 spiro atoms. The van der Waals surface area contributed by atoms with Gasteiger partial charge in [-0.2, -0.15) is 4.98 Å². The molecule has 0 radical (unpaired) electrons. The van der Waals surface area contributed by atoms with Gasteiger partial charge in [0, 0.05) is 10.0 Å². The van der Waals surface area contributed by atoms with Crippen LogP contribution in [0.4, 0.5) is 0 Å². The number of aryl methyl sites for hydroxylation is 1. The zero-order valence-corrected chi connectivity index (χ0v) is 13.1. The van der Waals surface area contributed by atoms with Gasteiger partial charge in [-0.05, 0) is 37.5 Å². The summed E-state index contributed by atoms with van der Waals surface area (Å²) in [6.45, 7) is 2.05. The molecule has 3 rings (SSSR count). The van der Waals surface area contributed by atoms with Crippen LogP contribution < -0.4 is 5.73 Å². The number of benzene rings is 1. The van der Waals surface area contributed by atoms with Crippen LogP contribution in [0.3, 0.4) is 0 Å². The quantitative estimate of drug-likeness (QED) is 0.903. The molecular weight excluding hydrogens is 318 g/mol. The molecule has 0 amide bonds. The summed E-state index contributed by atoms with van der Waals surface area (Å²) in [5.74, 6) is 1.18. The molecule has 1 fully saturated rings. The number of hydrogen-bond donors (Lipinski definition) is 1. The molecule has 0 aliphatic heterocycles. The predicted octanol–water partition coefficient (Wildman–Crippen LogP) is 3.93. The van der Waals surface area contributed by atoms with Gasteiger partial charge in [0.15, 0.2) is 5.82 Å². The maximum Gasteiger partial charge on any atom is 0.258 e. The van der Waals surface area contributed by atoms with E-state index in [1.165, 1.54) is 12.0 Å². The van der Waals surface area contributed by atoms with Crippen LogP contribution in [0.15, 0.2) is 27.2 Å². The van der Waals surface area contributed by atoms with Crippen LogP contribution in [0.25, 0.3) is 11.5 Å². The van der Waals surface area contributed by atoms with E-state index in [2.05, 4.69) is 26.1 Å². The van der Waals surface area contributed by atoms with Gasteiger partial charge in [-0.1, -0.05) is 46.4 Å². The van der Waals surface area contributed by atoms with Crippen LogP contribution in [0.1, 0.15) is 43.5 Å². The molecule has 1 heterocycles. The molecule has 1 aromatic heterocycles. The normalized spacial score (nSPS) is 18.1. The van der Waals surface area contributed by atoms with Crippen molar-refractivity contribution in [3.63, 3.8) is 0 Å². The van der Waals surface area contributed by atoms with Crippen molar-refractivity contribution in [3.8, 4) is 11.5 Å². The number of aromatic nitrogens is 2. The zero-order valence-electron chi connectivity index (χ0n) is 11.5. The summed E-state index contributed by atoms with van der Waals surface area (Å²) in [7, 11) is 0. The molecule has 1 aliphatic carbocycles. The van der Waals surface area contributed by atoms with E-state index in [-0.39, 0.29) is 0 Å². The SMILES string of the molecule is Cc1ccc(-c2nc(C3(N)CCCCC3)no2)cc1Br. The van der Waals surface area contributed by atoms with Crippen LogP contribution in [-0.4, -0.2) is 10.1 Å². The van der Waals surface area contributed by atoms with Crippen molar-refractivity contribution in [2.75, 3.05) is 0 Å². The first-order chi connectivity index (χ1) is 9.58. The Balaban J connectivity index is 1.91. The van der Waals surface area contributed by atoms with Gasteiger partial charge >= 0.3 is 0 Å². The molecule has 0 saturated heterocycles. The summed E-state index contributed by atoms with van der Waals surface area (Å²) in [5.41, 5.74) is 8.11. The first-order valence-corrected chi connectivity index (χ1v) is 7.77. The second kappa shape index (κ2) is 5.30. The highest BCUT2D eigenvalue weighted by Crippen LogP contribution is 2.34. The largest absolute Gasteiger partial charge is 0.334 e. The highest BCUT2D eigenvalue weighted by molar-refractivity contribution is 9.10. The van der Waals surface area contributed by atoms with Gasteiger partial charge < -0.3 is 10.3 Å². The Labute approximate surface area is 126 Å². The second-order valence-corrected chi connectivity index (χ2v) is 6.46. The van der Waals surface area contributed by atoms with Gasteiger partial charge in [0.25, 0.3) is 5.89 Å². The molecule has 2 aromatic rings. The molecule has 0 bridgehead atoms. The van der Waals surface area contributed by atoms with Gasteiger partial charge in [-0.15, -0.1) is 0 Å². The summed E-state index contributed by atoms with van der Waals surface area (Å²) in [5, 5.41) is 4.11. The highest BCUT2D eigenvalue weighted by atomic mass is 79.9. The lowest BCUT2D eigenvalue weighted by atomic mass is 9.82. The number of nitrogens with zero attached hydrogens (tertiary/aromatic N) is 2. The summed E-state index contributed by atoms with van der Waals surface area (Å²) < 4.78 is 6.44. The van der Waals surface area contributed by atoms with E-state index in [9.17, 15) is 0 Å². The van der Waals surface area contributed by atoms with E-state index < -0.39 is 5.54 Å². The van der Waals surface area contributed by atoms with Gasteiger partial charge in [0.2, 0.25) is 0 Å². The monoisotopic (exact) mass is 335 g/mol. The van der Waals surface area contributed by atoms with E-state index in [0.29, 0.717) is 11.7 Å².